The molecular formula is C14H10IN3O2. The van der Waals surface area contributed by atoms with Gasteiger partial charge in [0.15, 0.2) is 5.82 Å². The lowest BCUT2D eigenvalue weighted by atomic mass is 10.1. The third kappa shape index (κ3) is 2.15. The minimum atomic E-state index is -0.374. The molecule has 0 saturated carbocycles. The summed E-state index contributed by atoms with van der Waals surface area (Å²) in [6.07, 6.45) is 0. The maximum atomic E-state index is 11.7. The molecule has 0 aliphatic carbocycles. The van der Waals surface area contributed by atoms with Crippen LogP contribution >= 0.6 is 22.6 Å². The normalized spacial score (nSPS) is 10.9. The molecular weight excluding hydrogens is 369 g/mol. The van der Waals surface area contributed by atoms with Crippen molar-refractivity contribution < 1.29 is 5.11 Å². The van der Waals surface area contributed by atoms with Crippen molar-refractivity contribution in [2.45, 2.75) is 6.92 Å². The molecule has 0 amide bonds. The van der Waals surface area contributed by atoms with E-state index in [0.29, 0.717) is 5.69 Å². The van der Waals surface area contributed by atoms with Crippen molar-refractivity contribution in [2.24, 2.45) is 0 Å². The summed E-state index contributed by atoms with van der Waals surface area (Å²) >= 11 is 1.75. The highest BCUT2D eigenvalue weighted by molar-refractivity contribution is 14.1. The van der Waals surface area contributed by atoms with Gasteiger partial charge in [0.05, 0.1) is 5.52 Å². The number of nitrogens with zero attached hydrogens (tertiary/aromatic N) is 2. The second-order valence-corrected chi connectivity index (χ2v) is 5.47. The van der Waals surface area contributed by atoms with Crippen LogP contribution in [0.15, 0.2) is 35.1 Å². The van der Waals surface area contributed by atoms with Crippen LogP contribution in [0.5, 0.6) is 5.88 Å². The minimum Gasteiger partial charge on any atom is -0.492 e. The van der Waals surface area contributed by atoms with Gasteiger partial charge < -0.3 is 10.1 Å². The first-order valence-electron chi connectivity index (χ1n) is 5.92. The Morgan fingerprint density at radius 1 is 1.25 bits per heavy atom. The van der Waals surface area contributed by atoms with Crippen LogP contribution in [0.25, 0.3) is 22.4 Å². The van der Waals surface area contributed by atoms with Gasteiger partial charge in [-0.25, -0.2) is 4.98 Å². The molecule has 2 N–H and O–H groups in total. The molecule has 0 fully saturated rings. The average Bonchev–Trinajstić information content (AvgIpc) is 2.44. The van der Waals surface area contributed by atoms with Gasteiger partial charge in [-0.3, -0.25) is 4.79 Å². The number of pyridine rings is 1. The van der Waals surface area contributed by atoms with Crippen LogP contribution in [0, 0.1) is 10.5 Å². The standard InChI is InChI=1S/C14H10IN3O2/c1-7-6-10(16-9-5-3-2-4-8(7)9)12-17-13(19)11(15)14(20)18-12/h2-6H,1H3,(H2,17,18,19,20). The lowest BCUT2D eigenvalue weighted by molar-refractivity contribution is 0.447. The molecule has 0 radical (unpaired) electrons. The number of aromatic amines is 1. The molecule has 20 heavy (non-hydrogen) atoms. The Labute approximate surface area is 127 Å². The highest BCUT2D eigenvalue weighted by Crippen LogP contribution is 2.23. The number of fused-ring (bicyclic) bond motifs is 1. The van der Waals surface area contributed by atoms with Crippen molar-refractivity contribution in [3.8, 4) is 17.4 Å². The number of aromatic nitrogens is 3. The number of hydrogen-bond acceptors (Lipinski definition) is 4. The SMILES string of the molecule is Cc1cc(-c2nc(O)c(I)c(=O)[nH]2)nc2ccccc12. The van der Waals surface area contributed by atoms with E-state index in [-0.39, 0.29) is 20.8 Å². The number of benzene rings is 1. The summed E-state index contributed by atoms with van der Waals surface area (Å²) in [5.41, 5.74) is 2.01. The molecule has 5 nitrogen and oxygen atoms in total. The zero-order valence-electron chi connectivity index (χ0n) is 10.5. The second-order valence-electron chi connectivity index (χ2n) is 4.39. The van der Waals surface area contributed by atoms with E-state index < -0.39 is 0 Å². The maximum absolute atomic E-state index is 11.7. The fourth-order valence-corrected chi connectivity index (χ4v) is 2.29. The monoisotopic (exact) mass is 379 g/mol. The molecule has 2 aromatic heterocycles. The van der Waals surface area contributed by atoms with E-state index in [0.717, 1.165) is 16.5 Å². The van der Waals surface area contributed by atoms with Crippen molar-refractivity contribution in [2.75, 3.05) is 0 Å². The molecule has 3 aromatic rings. The molecule has 6 heteroatoms. The minimum absolute atomic E-state index is 0.170. The molecule has 1 aromatic carbocycles. The summed E-state index contributed by atoms with van der Waals surface area (Å²) in [6, 6.07) is 9.58. The Kier molecular flexibility index (Phi) is 3.17. The number of hydrogen-bond donors (Lipinski definition) is 2. The lowest BCUT2D eigenvalue weighted by Crippen LogP contribution is -2.12. The smallest absolute Gasteiger partial charge is 0.268 e. The van der Waals surface area contributed by atoms with Crippen LogP contribution in [0.3, 0.4) is 0 Å². The molecule has 2 heterocycles. The van der Waals surface area contributed by atoms with Crippen LogP contribution in [0.1, 0.15) is 5.56 Å². The van der Waals surface area contributed by atoms with Gasteiger partial charge in [0, 0.05) is 5.39 Å². The topological polar surface area (TPSA) is 78.9 Å². The quantitative estimate of drug-likeness (QED) is 0.638. The summed E-state index contributed by atoms with van der Waals surface area (Å²) < 4.78 is 0.170. The largest absolute Gasteiger partial charge is 0.492 e. The van der Waals surface area contributed by atoms with Crippen molar-refractivity contribution >= 4 is 33.5 Å². The van der Waals surface area contributed by atoms with Crippen LogP contribution < -0.4 is 5.56 Å². The van der Waals surface area contributed by atoms with E-state index in [1.54, 1.807) is 22.6 Å². The fraction of sp³-hybridized carbons (Fsp3) is 0.0714. The molecule has 0 saturated heterocycles. The number of H-pyrrole nitrogens is 1. The summed E-state index contributed by atoms with van der Waals surface area (Å²) in [5.74, 6) is -0.0151. The van der Waals surface area contributed by atoms with Gasteiger partial charge in [0.1, 0.15) is 9.26 Å². The Morgan fingerprint density at radius 3 is 2.75 bits per heavy atom. The molecule has 0 bridgehead atoms. The van der Waals surface area contributed by atoms with Crippen molar-refractivity contribution in [1.82, 2.24) is 15.0 Å². The van der Waals surface area contributed by atoms with E-state index in [2.05, 4.69) is 15.0 Å². The Balaban J connectivity index is 2.27. The summed E-state index contributed by atoms with van der Waals surface area (Å²) in [4.78, 5) is 22.8. The average molecular weight is 379 g/mol. The van der Waals surface area contributed by atoms with Crippen LogP contribution in [0.4, 0.5) is 0 Å². The highest BCUT2D eigenvalue weighted by atomic mass is 127. The molecule has 0 atom stereocenters. The van der Waals surface area contributed by atoms with Gasteiger partial charge in [-0.1, -0.05) is 18.2 Å². The van der Waals surface area contributed by atoms with Gasteiger partial charge in [-0.15, -0.1) is 0 Å². The first kappa shape index (κ1) is 13.0. The Bertz CT molecular complexity index is 874. The predicted octanol–water partition coefficient (Wildman–Crippen LogP) is 2.60. The summed E-state index contributed by atoms with van der Waals surface area (Å²) in [7, 11) is 0. The Morgan fingerprint density at radius 2 is 2.00 bits per heavy atom. The first-order valence-corrected chi connectivity index (χ1v) is 6.99. The first-order chi connectivity index (χ1) is 9.56. The van der Waals surface area contributed by atoms with Gasteiger partial charge >= 0.3 is 0 Å². The highest BCUT2D eigenvalue weighted by Gasteiger charge is 2.11. The second kappa shape index (κ2) is 4.86. The number of aryl methyl sites for hydroxylation is 1. The van der Waals surface area contributed by atoms with Crippen molar-refractivity contribution in [3.05, 3.63) is 49.8 Å². The third-order valence-electron chi connectivity index (χ3n) is 3.01. The summed E-state index contributed by atoms with van der Waals surface area (Å²) in [5, 5.41) is 10.7. The maximum Gasteiger partial charge on any atom is 0.268 e. The number of nitrogens with one attached hydrogen (secondary N) is 1. The zero-order valence-corrected chi connectivity index (χ0v) is 12.7. The molecule has 0 aliphatic rings. The molecule has 0 unspecified atom stereocenters. The van der Waals surface area contributed by atoms with E-state index in [1.807, 2.05) is 37.3 Å². The number of aromatic hydroxyl groups is 1. The van der Waals surface area contributed by atoms with E-state index in [1.165, 1.54) is 0 Å². The predicted molar refractivity (Wildman–Crippen MR) is 84.7 cm³/mol. The number of rotatable bonds is 1. The van der Waals surface area contributed by atoms with Gasteiger partial charge in [-0.05, 0) is 47.2 Å². The van der Waals surface area contributed by atoms with E-state index >= 15 is 0 Å². The van der Waals surface area contributed by atoms with E-state index in [9.17, 15) is 9.90 Å². The fourth-order valence-electron chi connectivity index (χ4n) is 2.04. The number of halogens is 1. The van der Waals surface area contributed by atoms with Gasteiger partial charge in [-0.2, -0.15) is 4.98 Å². The number of para-hydroxylation sites is 1. The molecule has 3 rings (SSSR count). The van der Waals surface area contributed by atoms with Crippen LogP contribution in [0.2, 0.25) is 0 Å². The van der Waals surface area contributed by atoms with Gasteiger partial charge in [0.2, 0.25) is 5.88 Å². The molecule has 0 aliphatic heterocycles. The molecule has 0 spiro atoms. The zero-order chi connectivity index (χ0) is 14.3. The van der Waals surface area contributed by atoms with Crippen molar-refractivity contribution in [1.29, 1.82) is 0 Å². The van der Waals surface area contributed by atoms with Gasteiger partial charge in [0.25, 0.3) is 5.56 Å². The Hall–Kier alpha value is -1.96. The van der Waals surface area contributed by atoms with E-state index in [4.69, 9.17) is 0 Å². The van der Waals surface area contributed by atoms with Crippen LogP contribution in [-0.2, 0) is 0 Å². The summed E-state index contributed by atoms with van der Waals surface area (Å²) in [6.45, 7) is 1.97. The molecule has 100 valence electrons. The van der Waals surface area contributed by atoms with Crippen LogP contribution in [-0.4, -0.2) is 20.1 Å². The van der Waals surface area contributed by atoms with Crippen molar-refractivity contribution in [3.63, 3.8) is 0 Å². The lowest BCUT2D eigenvalue weighted by Gasteiger charge is -2.06. The third-order valence-corrected chi connectivity index (χ3v) is 3.98.